The van der Waals surface area contributed by atoms with E-state index >= 15 is 0 Å². The Balaban J connectivity index is 1.67. The predicted octanol–water partition coefficient (Wildman–Crippen LogP) is 1.94. The molecule has 23 heavy (non-hydrogen) atoms. The van der Waals surface area contributed by atoms with Crippen LogP contribution in [0.2, 0.25) is 0 Å². The monoisotopic (exact) mass is 323 g/mol. The second kappa shape index (κ2) is 7.19. The van der Waals surface area contributed by atoms with E-state index in [0.717, 1.165) is 16.8 Å². The van der Waals surface area contributed by atoms with Gasteiger partial charge in [-0.15, -0.1) is 11.3 Å². The summed E-state index contributed by atoms with van der Waals surface area (Å²) in [4.78, 5) is 4.47. The Morgan fingerprint density at radius 1 is 1.09 bits per heavy atom. The van der Waals surface area contributed by atoms with Crippen molar-refractivity contribution in [2.45, 2.75) is 0 Å². The fraction of sp³-hybridized carbons (Fsp3) is 0. The zero-order valence-corrected chi connectivity index (χ0v) is 12.9. The van der Waals surface area contributed by atoms with E-state index in [2.05, 4.69) is 15.5 Å². The van der Waals surface area contributed by atoms with Gasteiger partial charge in [-0.2, -0.15) is 5.10 Å². The first-order valence-corrected chi connectivity index (χ1v) is 7.86. The molecule has 3 aromatic rings. The minimum absolute atomic E-state index is 0.426. The fourth-order valence-electron chi connectivity index (χ4n) is 2.03. The number of rotatable bonds is 5. The van der Waals surface area contributed by atoms with Gasteiger partial charge in [0.05, 0.1) is 11.9 Å². The van der Waals surface area contributed by atoms with Crippen LogP contribution in [-0.2, 0) is 0 Å². The van der Waals surface area contributed by atoms with Gasteiger partial charge in [-0.25, -0.2) is 4.98 Å². The average molecular weight is 323 g/mol. The van der Waals surface area contributed by atoms with Crippen molar-refractivity contribution in [3.8, 4) is 11.3 Å². The van der Waals surface area contributed by atoms with E-state index in [1.807, 2.05) is 41.8 Å². The Morgan fingerprint density at radius 2 is 1.91 bits per heavy atom. The SMILES string of the molecule is OB(O)c1cccc(C=NNc2nc(-c3ccccc3)cs2)c1. The fourth-order valence-corrected chi connectivity index (χ4v) is 2.70. The number of nitrogens with one attached hydrogen (secondary N) is 1. The Labute approximate surface area is 138 Å². The van der Waals surface area contributed by atoms with Crippen LogP contribution in [0.25, 0.3) is 11.3 Å². The van der Waals surface area contributed by atoms with E-state index in [-0.39, 0.29) is 0 Å². The second-order valence-electron chi connectivity index (χ2n) is 4.82. The van der Waals surface area contributed by atoms with Crippen LogP contribution in [0.3, 0.4) is 0 Å². The summed E-state index contributed by atoms with van der Waals surface area (Å²) in [5.74, 6) is 0. The lowest BCUT2D eigenvalue weighted by molar-refractivity contribution is 0.426. The standard InChI is InChI=1S/C16H14BN3O2S/c21-17(22)14-8-4-5-12(9-14)10-18-20-16-19-15(11-23-16)13-6-2-1-3-7-13/h1-11,21-22H,(H,19,20). The van der Waals surface area contributed by atoms with Crippen molar-refractivity contribution >= 4 is 35.3 Å². The smallest absolute Gasteiger partial charge is 0.423 e. The van der Waals surface area contributed by atoms with Gasteiger partial charge < -0.3 is 10.0 Å². The van der Waals surface area contributed by atoms with E-state index in [0.29, 0.717) is 10.6 Å². The molecule has 0 radical (unpaired) electrons. The summed E-state index contributed by atoms with van der Waals surface area (Å²) in [6.45, 7) is 0. The second-order valence-corrected chi connectivity index (χ2v) is 5.68. The Bertz CT molecular complexity index is 806. The molecule has 0 saturated carbocycles. The van der Waals surface area contributed by atoms with Crippen LogP contribution in [0.4, 0.5) is 5.13 Å². The molecule has 2 aromatic carbocycles. The maximum atomic E-state index is 9.15. The highest BCUT2D eigenvalue weighted by Crippen LogP contribution is 2.24. The molecule has 5 nitrogen and oxygen atoms in total. The van der Waals surface area contributed by atoms with E-state index in [4.69, 9.17) is 10.0 Å². The maximum Gasteiger partial charge on any atom is 0.488 e. The van der Waals surface area contributed by atoms with Crippen LogP contribution in [0, 0.1) is 0 Å². The molecule has 0 amide bonds. The van der Waals surface area contributed by atoms with Crippen molar-refractivity contribution in [1.29, 1.82) is 0 Å². The van der Waals surface area contributed by atoms with Crippen LogP contribution >= 0.6 is 11.3 Å². The van der Waals surface area contributed by atoms with Gasteiger partial charge in [0.25, 0.3) is 0 Å². The molecule has 0 saturated heterocycles. The summed E-state index contributed by atoms with van der Waals surface area (Å²) in [7, 11) is -1.48. The summed E-state index contributed by atoms with van der Waals surface area (Å²) >= 11 is 1.47. The van der Waals surface area contributed by atoms with Gasteiger partial charge in [-0.1, -0.05) is 54.6 Å². The summed E-state index contributed by atoms with van der Waals surface area (Å²) < 4.78 is 0. The number of aromatic nitrogens is 1. The number of anilines is 1. The van der Waals surface area contributed by atoms with Crippen molar-refractivity contribution in [2.75, 3.05) is 5.43 Å². The third-order valence-electron chi connectivity index (χ3n) is 3.16. The molecule has 3 N–H and O–H groups in total. The molecular weight excluding hydrogens is 309 g/mol. The van der Waals surface area contributed by atoms with Crippen LogP contribution in [0.1, 0.15) is 5.56 Å². The largest absolute Gasteiger partial charge is 0.488 e. The molecule has 0 bridgehead atoms. The van der Waals surface area contributed by atoms with Gasteiger partial charge >= 0.3 is 7.12 Å². The quantitative estimate of drug-likeness (QED) is 0.381. The molecule has 1 heterocycles. The molecule has 7 heteroatoms. The van der Waals surface area contributed by atoms with Crippen molar-refractivity contribution in [3.05, 3.63) is 65.5 Å². The molecule has 0 aliphatic heterocycles. The van der Waals surface area contributed by atoms with Crippen LogP contribution in [-0.4, -0.2) is 28.4 Å². The third-order valence-corrected chi connectivity index (χ3v) is 3.90. The van der Waals surface area contributed by atoms with E-state index in [1.165, 1.54) is 11.3 Å². The van der Waals surface area contributed by atoms with Crippen molar-refractivity contribution < 1.29 is 10.0 Å². The van der Waals surface area contributed by atoms with Gasteiger partial charge in [0, 0.05) is 10.9 Å². The molecule has 0 spiro atoms. The first-order valence-electron chi connectivity index (χ1n) is 6.98. The molecular formula is C16H14BN3O2S. The van der Waals surface area contributed by atoms with Crippen LogP contribution in [0.15, 0.2) is 65.1 Å². The molecule has 0 fully saturated rings. The first-order chi connectivity index (χ1) is 11.2. The number of thiazole rings is 1. The lowest BCUT2D eigenvalue weighted by Gasteiger charge is -2.00. The number of nitrogens with zero attached hydrogens (tertiary/aromatic N) is 2. The van der Waals surface area contributed by atoms with Gasteiger partial charge in [0.2, 0.25) is 5.13 Å². The summed E-state index contributed by atoms with van der Waals surface area (Å²) in [5, 5.41) is 25.1. The average Bonchev–Trinajstić information content (AvgIpc) is 3.05. The molecule has 0 aliphatic carbocycles. The van der Waals surface area contributed by atoms with Gasteiger partial charge in [0.1, 0.15) is 0 Å². The predicted molar refractivity (Wildman–Crippen MR) is 95.0 cm³/mol. The minimum atomic E-state index is -1.48. The lowest BCUT2D eigenvalue weighted by atomic mass is 9.80. The number of hydrogen-bond donors (Lipinski definition) is 3. The molecule has 1 aromatic heterocycles. The van der Waals surface area contributed by atoms with Crippen molar-refractivity contribution in [2.24, 2.45) is 5.10 Å². The third kappa shape index (κ3) is 4.04. The number of hydrogen-bond acceptors (Lipinski definition) is 6. The summed E-state index contributed by atoms with van der Waals surface area (Å²) in [6, 6.07) is 16.8. The Kier molecular flexibility index (Phi) is 4.82. The minimum Gasteiger partial charge on any atom is -0.423 e. The van der Waals surface area contributed by atoms with Crippen molar-refractivity contribution in [1.82, 2.24) is 4.98 Å². The molecule has 114 valence electrons. The van der Waals surface area contributed by atoms with Gasteiger partial charge in [-0.3, -0.25) is 5.43 Å². The van der Waals surface area contributed by atoms with Crippen LogP contribution < -0.4 is 10.9 Å². The molecule has 3 rings (SSSR count). The highest BCUT2D eigenvalue weighted by atomic mass is 32.1. The van der Waals surface area contributed by atoms with Gasteiger partial charge in [-0.05, 0) is 11.0 Å². The van der Waals surface area contributed by atoms with Gasteiger partial charge in [0.15, 0.2) is 0 Å². The number of benzene rings is 2. The zero-order valence-electron chi connectivity index (χ0n) is 12.1. The summed E-state index contributed by atoms with van der Waals surface area (Å²) in [5.41, 5.74) is 6.04. The molecule has 0 unspecified atom stereocenters. The highest BCUT2D eigenvalue weighted by Gasteiger charge is 2.09. The van der Waals surface area contributed by atoms with E-state index in [9.17, 15) is 0 Å². The maximum absolute atomic E-state index is 9.15. The normalized spacial score (nSPS) is 10.9. The Morgan fingerprint density at radius 3 is 2.70 bits per heavy atom. The Hall–Kier alpha value is -2.48. The zero-order chi connectivity index (χ0) is 16.1. The van der Waals surface area contributed by atoms with E-state index < -0.39 is 7.12 Å². The summed E-state index contributed by atoms with van der Waals surface area (Å²) in [6.07, 6.45) is 1.61. The highest BCUT2D eigenvalue weighted by molar-refractivity contribution is 7.14. The molecule has 0 atom stereocenters. The lowest BCUT2D eigenvalue weighted by Crippen LogP contribution is -2.29. The molecule has 0 aliphatic rings. The van der Waals surface area contributed by atoms with E-state index in [1.54, 1.807) is 24.4 Å². The van der Waals surface area contributed by atoms with Crippen molar-refractivity contribution in [3.63, 3.8) is 0 Å². The number of hydrazone groups is 1. The topological polar surface area (TPSA) is 77.7 Å². The first kappa shape index (κ1) is 15.4. The van der Waals surface area contributed by atoms with Crippen LogP contribution in [0.5, 0.6) is 0 Å².